The molecule has 0 fully saturated rings. The molecule has 6 heteroatoms. The Morgan fingerprint density at radius 1 is 1.04 bits per heavy atom. The Morgan fingerprint density at radius 3 is 2.32 bits per heavy atom. The van der Waals surface area contributed by atoms with Gasteiger partial charge in [0.25, 0.3) is 5.91 Å². The maximum absolute atomic E-state index is 12.1. The first-order chi connectivity index (χ1) is 11.9. The molecule has 5 nitrogen and oxygen atoms in total. The number of aryl methyl sites for hydroxylation is 3. The van der Waals surface area contributed by atoms with Crippen LogP contribution in [0.15, 0.2) is 29.6 Å². The van der Waals surface area contributed by atoms with E-state index in [0.29, 0.717) is 6.54 Å². The Kier molecular flexibility index (Phi) is 6.73. The Bertz CT molecular complexity index is 735. The minimum Gasteiger partial charge on any atom is -0.342 e. The molecule has 1 aromatic carbocycles. The van der Waals surface area contributed by atoms with Crippen LogP contribution in [0.2, 0.25) is 0 Å². The molecule has 0 saturated carbocycles. The van der Waals surface area contributed by atoms with Crippen molar-refractivity contribution < 1.29 is 14.5 Å². The molecule has 1 heterocycles. The van der Waals surface area contributed by atoms with Gasteiger partial charge in [0.1, 0.15) is 6.54 Å². The summed E-state index contributed by atoms with van der Waals surface area (Å²) in [7, 11) is 1.98. The molecule has 0 aliphatic carbocycles. The number of para-hydroxylation sites is 1. The van der Waals surface area contributed by atoms with Gasteiger partial charge in [0.05, 0.1) is 18.5 Å². The van der Waals surface area contributed by atoms with Crippen LogP contribution in [0.4, 0.5) is 5.69 Å². The van der Waals surface area contributed by atoms with Crippen molar-refractivity contribution in [1.29, 1.82) is 0 Å². The Balaban J connectivity index is 1.77. The molecule has 0 spiro atoms. The summed E-state index contributed by atoms with van der Waals surface area (Å²) >= 11 is 1.71. The molecule has 25 heavy (non-hydrogen) atoms. The number of carbonyl (C=O) groups is 2. The minimum absolute atomic E-state index is 0.0160. The van der Waals surface area contributed by atoms with Gasteiger partial charge in [-0.2, -0.15) is 0 Å². The highest BCUT2D eigenvalue weighted by atomic mass is 32.1. The first kappa shape index (κ1) is 19.1. The topological polar surface area (TPSA) is 62.6 Å². The molecule has 1 atom stereocenters. The van der Waals surface area contributed by atoms with Gasteiger partial charge < -0.3 is 15.5 Å². The predicted octanol–water partition coefficient (Wildman–Crippen LogP) is 1.44. The van der Waals surface area contributed by atoms with Crippen molar-refractivity contribution in [3.05, 3.63) is 51.2 Å². The lowest BCUT2D eigenvalue weighted by Gasteiger charge is -2.14. The monoisotopic (exact) mass is 360 g/mol. The molecular formula is C19H26N3O2S+. The second-order valence-electron chi connectivity index (χ2n) is 6.43. The van der Waals surface area contributed by atoms with E-state index in [1.807, 2.05) is 39.1 Å². The van der Waals surface area contributed by atoms with E-state index >= 15 is 0 Å². The number of benzene rings is 1. The average Bonchev–Trinajstić information content (AvgIpc) is 2.94. The third-order valence-corrected chi connectivity index (χ3v) is 5.11. The number of hydrogen-bond donors (Lipinski definition) is 3. The lowest BCUT2D eigenvalue weighted by molar-refractivity contribution is -0.885. The molecule has 0 aliphatic heterocycles. The highest BCUT2D eigenvalue weighted by molar-refractivity contribution is 7.10. The van der Waals surface area contributed by atoms with Crippen LogP contribution in [0, 0.1) is 20.8 Å². The quantitative estimate of drug-likeness (QED) is 0.700. The predicted molar refractivity (Wildman–Crippen MR) is 102 cm³/mol. The standard InChI is InChI=1S/C19H25N3O2S/c1-13-8-9-25-16(13)11-22(4)12-18(24)20-10-17(23)21-19-14(2)6-5-7-15(19)3/h5-9H,10-12H2,1-4H3,(H,20,24)(H,21,23)/p+1. The van der Waals surface area contributed by atoms with E-state index < -0.39 is 0 Å². The molecule has 0 radical (unpaired) electrons. The van der Waals surface area contributed by atoms with Gasteiger partial charge in [-0.15, -0.1) is 11.3 Å². The highest BCUT2D eigenvalue weighted by Crippen LogP contribution is 2.19. The molecule has 0 aliphatic rings. The fourth-order valence-corrected chi connectivity index (χ4v) is 3.65. The van der Waals surface area contributed by atoms with Gasteiger partial charge in [-0.25, -0.2) is 0 Å². The number of hydrogen-bond acceptors (Lipinski definition) is 3. The Hall–Kier alpha value is -2.18. The summed E-state index contributed by atoms with van der Waals surface area (Å²) in [5, 5.41) is 7.64. The fraction of sp³-hybridized carbons (Fsp3) is 0.368. The minimum atomic E-state index is -0.211. The summed E-state index contributed by atoms with van der Waals surface area (Å²) < 4.78 is 0. The van der Waals surface area contributed by atoms with Gasteiger partial charge in [-0.1, -0.05) is 18.2 Å². The van der Waals surface area contributed by atoms with Crippen LogP contribution >= 0.6 is 11.3 Å². The summed E-state index contributed by atoms with van der Waals surface area (Å²) in [6, 6.07) is 7.94. The summed E-state index contributed by atoms with van der Waals surface area (Å²) in [6.45, 7) is 7.12. The Labute approximate surface area is 153 Å². The zero-order valence-corrected chi connectivity index (χ0v) is 16.0. The molecule has 134 valence electrons. The Morgan fingerprint density at radius 2 is 1.72 bits per heavy atom. The van der Waals surface area contributed by atoms with Crippen molar-refractivity contribution in [3.63, 3.8) is 0 Å². The number of likely N-dealkylation sites (N-methyl/N-ethyl adjacent to an activating group) is 1. The van der Waals surface area contributed by atoms with Crippen molar-refractivity contribution in [2.75, 3.05) is 25.5 Å². The first-order valence-electron chi connectivity index (χ1n) is 8.34. The SMILES string of the molecule is Cc1ccsc1C[NH+](C)CC(=O)NCC(=O)Nc1c(C)cccc1C. The van der Waals surface area contributed by atoms with Crippen LogP contribution < -0.4 is 15.5 Å². The van der Waals surface area contributed by atoms with Crippen LogP contribution in [0.5, 0.6) is 0 Å². The molecular weight excluding hydrogens is 334 g/mol. The van der Waals surface area contributed by atoms with Gasteiger partial charge >= 0.3 is 0 Å². The normalized spacial score (nSPS) is 11.8. The van der Waals surface area contributed by atoms with Gasteiger partial charge in [-0.3, -0.25) is 9.59 Å². The number of thiophene rings is 1. The molecule has 3 N–H and O–H groups in total. The molecule has 1 aromatic heterocycles. The van der Waals surface area contributed by atoms with E-state index in [1.165, 1.54) is 10.4 Å². The smallest absolute Gasteiger partial charge is 0.275 e. The first-order valence-corrected chi connectivity index (χ1v) is 9.22. The second-order valence-corrected chi connectivity index (χ2v) is 7.43. The summed E-state index contributed by atoms with van der Waals surface area (Å²) in [5.41, 5.74) is 4.10. The molecule has 1 unspecified atom stereocenters. The van der Waals surface area contributed by atoms with Crippen LogP contribution in [-0.2, 0) is 16.1 Å². The molecule has 2 amide bonds. The van der Waals surface area contributed by atoms with Crippen LogP contribution in [0.1, 0.15) is 21.6 Å². The summed E-state index contributed by atoms with van der Waals surface area (Å²) in [6.07, 6.45) is 0. The van der Waals surface area contributed by atoms with E-state index in [2.05, 4.69) is 29.0 Å². The third kappa shape index (κ3) is 5.69. The second kappa shape index (κ2) is 8.78. The molecule has 0 saturated heterocycles. The maximum Gasteiger partial charge on any atom is 0.275 e. The largest absolute Gasteiger partial charge is 0.342 e. The number of quaternary nitrogens is 1. The van der Waals surface area contributed by atoms with Crippen molar-refractivity contribution in [2.45, 2.75) is 27.3 Å². The van der Waals surface area contributed by atoms with Crippen molar-refractivity contribution >= 4 is 28.8 Å². The van der Waals surface area contributed by atoms with Crippen molar-refractivity contribution in [1.82, 2.24) is 5.32 Å². The third-order valence-electron chi connectivity index (χ3n) is 4.08. The van der Waals surface area contributed by atoms with Crippen LogP contribution in [-0.4, -0.2) is 32.0 Å². The number of amides is 2. The molecule has 2 rings (SSSR count). The van der Waals surface area contributed by atoms with E-state index in [4.69, 9.17) is 0 Å². The van der Waals surface area contributed by atoms with Crippen molar-refractivity contribution in [2.24, 2.45) is 0 Å². The maximum atomic E-state index is 12.1. The number of rotatable bonds is 7. The fourth-order valence-electron chi connectivity index (χ4n) is 2.63. The van der Waals surface area contributed by atoms with Crippen molar-refractivity contribution in [3.8, 4) is 0 Å². The van der Waals surface area contributed by atoms with E-state index in [0.717, 1.165) is 28.3 Å². The lowest BCUT2D eigenvalue weighted by Crippen LogP contribution is -3.08. The average molecular weight is 361 g/mol. The molecule has 2 aromatic rings. The van der Waals surface area contributed by atoms with E-state index in [1.54, 1.807) is 11.3 Å². The van der Waals surface area contributed by atoms with E-state index in [-0.39, 0.29) is 18.4 Å². The zero-order valence-electron chi connectivity index (χ0n) is 15.2. The highest BCUT2D eigenvalue weighted by Gasteiger charge is 2.14. The number of nitrogens with one attached hydrogen (secondary N) is 3. The number of anilines is 1. The van der Waals surface area contributed by atoms with Crippen LogP contribution in [0.25, 0.3) is 0 Å². The lowest BCUT2D eigenvalue weighted by atomic mass is 10.1. The van der Waals surface area contributed by atoms with Gasteiger partial charge in [-0.05, 0) is 48.9 Å². The summed E-state index contributed by atoms with van der Waals surface area (Å²) in [4.78, 5) is 26.5. The van der Waals surface area contributed by atoms with E-state index in [9.17, 15) is 9.59 Å². The molecule has 0 bridgehead atoms. The van der Waals surface area contributed by atoms with Gasteiger partial charge in [0, 0.05) is 5.69 Å². The van der Waals surface area contributed by atoms with Crippen LogP contribution in [0.3, 0.4) is 0 Å². The zero-order chi connectivity index (χ0) is 18.4. The van der Waals surface area contributed by atoms with Gasteiger partial charge in [0.2, 0.25) is 5.91 Å². The van der Waals surface area contributed by atoms with Gasteiger partial charge in [0.15, 0.2) is 6.54 Å². The number of carbonyl (C=O) groups excluding carboxylic acids is 2. The summed E-state index contributed by atoms with van der Waals surface area (Å²) in [5.74, 6) is -0.333.